The molecule has 2 fully saturated rings. The molecular weight excluding hydrogens is 442 g/mol. The van der Waals surface area contributed by atoms with Gasteiger partial charge < -0.3 is 19.5 Å². The number of benzene rings is 2. The summed E-state index contributed by atoms with van der Waals surface area (Å²) in [6.45, 7) is 4.82. The van der Waals surface area contributed by atoms with Crippen LogP contribution in [0.15, 0.2) is 66.1 Å². The van der Waals surface area contributed by atoms with Gasteiger partial charge in [0.15, 0.2) is 15.6 Å². The summed E-state index contributed by atoms with van der Waals surface area (Å²) in [6, 6.07) is 15.7. The Hall–Kier alpha value is -2.68. The van der Waals surface area contributed by atoms with E-state index in [4.69, 9.17) is 14.2 Å². The third kappa shape index (κ3) is 5.82. The standard InChI is InChI=1S/C25H29NO6S/c1-2-19-8-10-22(11-9-19)33(28,29)18-21-16-25(31-14-15-32-25)13-12-23(21)26-24(27)30-17-20-6-4-3-5-7-20/h2-11,21,23H,1,12-18H2,(H,26,27)/t21-,23+/m1/s1. The molecule has 33 heavy (non-hydrogen) atoms. The number of carbonyl (C=O) groups is 1. The van der Waals surface area contributed by atoms with Gasteiger partial charge in [0.1, 0.15) is 6.61 Å². The van der Waals surface area contributed by atoms with Gasteiger partial charge in [0, 0.05) is 18.9 Å². The van der Waals surface area contributed by atoms with Crippen LogP contribution in [0.25, 0.3) is 6.08 Å². The van der Waals surface area contributed by atoms with E-state index in [9.17, 15) is 13.2 Å². The summed E-state index contributed by atoms with van der Waals surface area (Å²) >= 11 is 0. The van der Waals surface area contributed by atoms with E-state index < -0.39 is 21.7 Å². The first-order valence-electron chi connectivity index (χ1n) is 11.1. The number of alkyl carbamates (subject to hydrolysis) is 1. The Morgan fingerprint density at radius 2 is 1.82 bits per heavy atom. The number of hydrogen-bond acceptors (Lipinski definition) is 6. The molecule has 176 valence electrons. The van der Waals surface area contributed by atoms with E-state index in [1.54, 1.807) is 30.3 Å². The fourth-order valence-corrected chi connectivity index (χ4v) is 6.14. The van der Waals surface area contributed by atoms with Crippen LogP contribution in [0, 0.1) is 5.92 Å². The lowest BCUT2D eigenvalue weighted by Gasteiger charge is -2.41. The molecule has 1 saturated carbocycles. The van der Waals surface area contributed by atoms with Crippen molar-refractivity contribution in [2.75, 3.05) is 19.0 Å². The summed E-state index contributed by atoms with van der Waals surface area (Å²) in [5.74, 6) is -1.29. The largest absolute Gasteiger partial charge is 0.445 e. The van der Waals surface area contributed by atoms with Crippen molar-refractivity contribution in [3.8, 4) is 0 Å². The van der Waals surface area contributed by atoms with Gasteiger partial charge in [0.25, 0.3) is 0 Å². The Morgan fingerprint density at radius 1 is 1.12 bits per heavy atom. The lowest BCUT2D eigenvalue weighted by Crippen LogP contribution is -2.51. The maximum Gasteiger partial charge on any atom is 0.407 e. The van der Waals surface area contributed by atoms with E-state index in [0.717, 1.165) is 11.1 Å². The number of amides is 1. The number of rotatable bonds is 7. The van der Waals surface area contributed by atoms with Crippen LogP contribution in [0.2, 0.25) is 0 Å². The molecule has 0 bridgehead atoms. The summed E-state index contributed by atoms with van der Waals surface area (Å²) in [6.07, 6.45) is 2.61. The smallest absolute Gasteiger partial charge is 0.407 e. The van der Waals surface area contributed by atoms with Crippen molar-refractivity contribution in [2.45, 2.75) is 42.6 Å². The molecule has 1 aliphatic heterocycles. The van der Waals surface area contributed by atoms with Gasteiger partial charge in [-0.3, -0.25) is 0 Å². The highest BCUT2D eigenvalue weighted by atomic mass is 32.2. The number of sulfone groups is 1. The fraction of sp³-hybridized carbons (Fsp3) is 0.400. The Kier molecular flexibility index (Phi) is 7.17. The quantitative estimate of drug-likeness (QED) is 0.658. The average molecular weight is 472 g/mol. The first-order valence-corrected chi connectivity index (χ1v) is 12.7. The minimum absolute atomic E-state index is 0.126. The highest BCUT2D eigenvalue weighted by molar-refractivity contribution is 7.91. The van der Waals surface area contributed by atoms with Crippen LogP contribution < -0.4 is 5.32 Å². The molecule has 0 unspecified atom stereocenters. The van der Waals surface area contributed by atoms with Gasteiger partial charge in [-0.15, -0.1) is 0 Å². The van der Waals surface area contributed by atoms with Crippen molar-refractivity contribution in [1.82, 2.24) is 5.32 Å². The van der Waals surface area contributed by atoms with Crippen LogP contribution in [0.3, 0.4) is 0 Å². The summed E-state index contributed by atoms with van der Waals surface area (Å²) in [4.78, 5) is 12.7. The molecule has 2 aromatic carbocycles. The fourth-order valence-electron chi connectivity index (χ4n) is 4.48. The monoisotopic (exact) mass is 471 g/mol. The van der Waals surface area contributed by atoms with Crippen LogP contribution in [-0.4, -0.2) is 45.3 Å². The second-order valence-corrected chi connectivity index (χ2v) is 10.5. The second kappa shape index (κ2) is 10.1. The molecule has 1 amide bonds. The minimum Gasteiger partial charge on any atom is -0.445 e. The van der Waals surface area contributed by atoms with Crippen LogP contribution in [0.1, 0.15) is 30.4 Å². The van der Waals surface area contributed by atoms with E-state index >= 15 is 0 Å². The van der Waals surface area contributed by atoms with E-state index in [2.05, 4.69) is 11.9 Å². The normalized spacial score (nSPS) is 22.1. The van der Waals surface area contributed by atoms with Gasteiger partial charge in [-0.25, -0.2) is 13.2 Å². The summed E-state index contributed by atoms with van der Waals surface area (Å²) in [5, 5.41) is 2.89. The highest BCUT2D eigenvalue weighted by Gasteiger charge is 2.46. The first-order chi connectivity index (χ1) is 15.9. The molecule has 1 aliphatic carbocycles. The van der Waals surface area contributed by atoms with E-state index in [-0.39, 0.29) is 29.2 Å². The Balaban J connectivity index is 1.46. The van der Waals surface area contributed by atoms with Gasteiger partial charge in [-0.05, 0) is 35.6 Å². The molecule has 1 saturated heterocycles. The minimum atomic E-state index is -3.59. The summed E-state index contributed by atoms with van der Waals surface area (Å²) < 4.78 is 43.5. The first kappa shape index (κ1) is 23.5. The van der Waals surface area contributed by atoms with Crippen molar-refractivity contribution in [1.29, 1.82) is 0 Å². The third-order valence-electron chi connectivity index (χ3n) is 6.22. The third-order valence-corrected chi connectivity index (χ3v) is 8.07. The summed E-state index contributed by atoms with van der Waals surface area (Å²) in [5.41, 5.74) is 1.73. The van der Waals surface area contributed by atoms with Crippen molar-refractivity contribution in [3.05, 3.63) is 72.3 Å². The van der Waals surface area contributed by atoms with Crippen LogP contribution >= 0.6 is 0 Å². The van der Waals surface area contributed by atoms with E-state index in [1.165, 1.54) is 0 Å². The molecule has 2 aliphatic rings. The molecule has 1 spiro atoms. The molecule has 2 aromatic rings. The number of carbonyl (C=O) groups excluding carboxylic acids is 1. The molecule has 0 aromatic heterocycles. The molecular formula is C25H29NO6S. The number of hydrogen-bond donors (Lipinski definition) is 1. The summed E-state index contributed by atoms with van der Waals surface area (Å²) in [7, 11) is -3.59. The van der Waals surface area contributed by atoms with Crippen LogP contribution in [0.4, 0.5) is 4.79 Å². The zero-order valence-corrected chi connectivity index (χ0v) is 19.3. The molecule has 7 nitrogen and oxygen atoms in total. The van der Waals surface area contributed by atoms with Crippen LogP contribution in [0.5, 0.6) is 0 Å². The van der Waals surface area contributed by atoms with E-state index in [0.29, 0.717) is 32.5 Å². The molecule has 1 heterocycles. The maximum atomic E-state index is 13.2. The zero-order valence-electron chi connectivity index (χ0n) is 18.4. The van der Waals surface area contributed by atoms with Gasteiger partial charge in [-0.1, -0.05) is 55.1 Å². The molecule has 4 rings (SSSR count). The predicted octanol–water partition coefficient (Wildman–Crippen LogP) is 3.94. The van der Waals surface area contributed by atoms with Crippen molar-refractivity contribution in [3.63, 3.8) is 0 Å². The molecule has 0 radical (unpaired) electrons. The Morgan fingerprint density at radius 3 is 2.48 bits per heavy atom. The number of nitrogens with one attached hydrogen (secondary N) is 1. The predicted molar refractivity (Wildman–Crippen MR) is 124 cm³/mol. The lowest BCUT2D eigenvalue weighted by molar-refractivity contribution is -0.188. The SMILES string of the molecule is C=Cc1ccc(S(=O)(=O)C[C@H]2CC3(CC[C@@H]2NC(=O)OCc2ccccc2)OCCO3)cc1. The van der Waals surface area contributed by atoms with Gasteiger partial charge in [0.2, 0.25) is 0 Å². The number of ether oxygens (including phenoxy) is 3. The highest BCUT2D eigenvalue weighted by Crippen LogP contribution is 2.40. The molecule has 2 atom stereocenters. The topological polar surface area (TPSA) is 90.9 Å². The van der Waals surface area contributed by atoms with Crippen LogP contribution in [-0.2, 0) is 30.7 Å². The van der Waals surface area contributed by atoms with Crippen molar-refractivity contribution >= 4 is 22.0 Å². The van der Waals surface area contributed by atoms with Gasteiger partial charge in [0.05, 0.1) is 23.9 Å². The van der Waals surface area contributed by atoms with Crippen molar-refractivity contribution in [2.24, 2.45) is 5.92 Å². The van der Waals surface area contributed by atoms with Gasteiger partial charge in [-0.2, -0.15) is 0 Å². The molecule has 1 N–H and O–H groups in total. The second-order valence-electron chi connectivity index (χ2n) is 8.48. The zero-order chi connectivity index (χ0) is 23.3. The Labute approximate surface area is 194 Å². The van der Waals surface area contributed by atoms with Crippen molar-refractivity contribution < 1.29 is 27.4 Å². The van der Waals surface area contributed by atoms with Gasteiger partial charge >= 0.3 is 6.09 Å². The maximum absolute atomic E-state index is 13.2. The Bertz CT molecular complexity index is 1060. The average Bonchev–Trinajstić information content (AvgIpc) is 3.28. The molecule has 8 heteroatoms. The van der Waals surface area contributed by atoms with E-state index in [1.807, 2.05) is 30.3 Å². The lowest BCUT2D eigenvalue weighted by atomic mass is 9.81.